The van der Waals surface area contributed by atoms with Crippen LogP contribution in [0.25, 0.3) is 66.4 Å². The molecule has 14 rings (SSSR count). The highest BCUT2D eigenvalue weighted by Gasteiger charge is 2.54. The van der Waals surface area contributed by atoms with Crippen LogP contribution in [0.3, 0.4) is 0 Å². The van der Waals surface area contributed by atoms with Crippen LogP contribution in [0.2, 0.25) is 0 Å². The van der Waals surface area contributed by atoms with Crippen molar-refractivity contribution in [3.8, 4) is 28.8 Å². The van der Waals surface area contributed by atoms with Crippen LogP contribution in [0.5, 0.6) is 0 Å². The van der Waals surface area contributed by atoms with E-state index in [9.17, 15) is 5.26 Å². The summed E-state index contributed by atoms with van der Waals surface area (Å²) in [6.07, 6.45) is 15.2. The molecule has 6 bridgehead atoms. The molecule has 3 heterocycles. The Hall–Kier alpha value is -5.80. The van der Waals surface area contributed by atoms with Crippen molar-refractivity contribution in [2.75, 3.05) is 0 Å². The Labute approximate surface area is 351 Å². The fourth-order valence-electron chi connectivity index (χ4n) is 14.3. The van der Waals surface area contributed by atoms with Gasteiger partial charge in [-0.05, 0) is 142 Å². The molecule has 8 aromatic rings. The minimum absolute atomic E-state index is 0.0147. The lowest BCUT2D eigenvalue weighted by Gasteiger charge is -2.56. The van der Waals surface area contributed by atoms with Crippen LogP contribution in [0.4, 0.5) is 0 Å². The molecule has 6 aliphatic carbocycles. The first kappa shape index (κ1) is 35.0. The number of rotatable bonds is 6. The quantitative estimate of drug-likeness (QED) is 0.168. The first-order valence-electron chi connectivity index (χ1n) is 22.8. The molecule has 6 saturated carbocycles. The van der Waals surface area contributed by atoms with Crippen LogP contribution in [-0.2, 0) is 10.8 Å². The fraction of sp³-hybridized carbons (Fsp3) is 0.370. The molecule has 296 valence electrons. The summed E-state index contributed by atoms with van der Waals surface area (Å²) in [5.41, 5.74) is 8.29. The molecule has 0 radical (unpaired) electrons. The molecule has 6 heteroatoms. The maximum Gasteiger partial charge on any atom is 0.165 e. The third-order valence-electron chi connectivity index (χ3n) is 16.4. The van der Waals surface area contributed by atoms with Crippen molar-refractivity contribution >= 4 is 43.6 Å². The molecule has 0 N–H and O–H groups in total. The normalized spacial score (nSPS) is 28.0. The van der Waals surface area contributed by atoms with Crippen molar-refractivity contribution in [1.29, 1.82) is 5.26 Å². The average Bonchev–Trinajstić information content (AvgIpc) is 3.93. The zero-order valence-electron chi connectivity index (χ0n) is 34.4. The summed E-state index contributed by atoms with van der Waals surface area (Å²) in [5, 5.41) is 15.4. The smallest absolute Gasteiger partial charge is 0.165 e. The van der Waals surface area contributed by atoms with Gasteiger partial charge in [-0.25, -0.2) is 15.0 Å². The molecular formula is C54H50N6. The summed E-state index contributed by atoms with van der Waals surface area (Å²) in [4.78, 5) is 17.1. The molecule has 2 unspecified atom stereocenters. The van der Waals surface area contributed by atoms with E-state index in [1.807, 2.05) is 6.07 Å². The molecule has 6 aliphatic rings. The molecule has 0 saturated heterocycles. The zero-order valence-corrected chi connectivity index (χ0v) is 34.4. The van der Waals surface area contributed by atoms with Crippen molar-refractivity contribution in [3.05, 3.63) is 126 Å². The number of benzene rings is 5. The number of nitrogens with zero attached hydrogens (tertiary/aromatic N) is 6. The Morgan fingerprint density at radius 3 is 1.75 bits per heavy atom. The summed E-state index contributed by atoms with van der Waals surface area (Å²) >= 11 is 0. The molecule has 6 nitrogen and oxygen atoms in total. The Bertz CT molecular complexity index is 2980. The van der Waals surface area contributed by atoms with E-state index in [2.05, 4.69) is 125 Å². The summed E-state index contributed by atoms with van der Waals surface area (Å²) in [6.45, 7) is 2.38. The molecule has 2 atom stereocenters. The van der Waals surface area contributed by atoms with Crippen molar-refractivity contribution in [1.82, 2.24) is 24.1 Å². The van der Waals surface area contributed by atoms with E-state index in [0.717, 1.165) is 81.5 Å². The first-order valence-corrected chi connectivity index (χ1v) is 22.8. The van der Waals surface area contributed by atoms with Crippen molar-refractivity contribution in [2.45, 2.75) is 94.8 Å². The highest BCUT2D eigenvalue weighted by molar-refractivity contribution is 6.16. The van der Waals surface area contributed by atoms with E-state index in [0.29, 0.717) is 5.56 Å². The zero-order chi connectivity index (χ0) is 39.7. The summed E-state index contributed by atoms with van der Waals surface area (Å²) < 4.78 is 4.86. The number of nitriles is 1. The third-order valence-corrected chi connectivity index (χ3v) is 16.4. The molecule has 0 spiro atoms. The van der Waals surface area contributed by atoms with E-state index in [1.165, 1.54) is 103 Å². The number of aromatic nitrogens is 5. The van der Waals surface area contributed by atoms with E-state index in [-0.39, 0.29) is 10.8 Å². The van der Waals surface area contributed by atoms with Crippen LogP contribution in [0, 0.1) is 40.9 Å². The summed E-state index contributed by atoms with van der Waals surface area (Å²) in [5.74, 6) is 6.68. The van der Waals surface area contributed by atoms with Crippen molar-refractivity contribution in [2.24, 2.45) is 29.6 Å². The Balaban J connectivity index is 1.07. The maximum absolute atomic E-state index is 10.5. The number of para-hydroxylation sites is 3. The van der Waals surface area contributed by atoms with Gasteiger partial charge in [0.25, 0.3) is 0 Å². The van der Waals surface area contributed by atoms with Crippen molar-refractivity contribution in [3.63, 3.8) is 0 Å². The average molecular weight is 783 g/mol. The fourth-order valence-corrected chi connectivity index (χ4v) is 14.3. The molecule has 5 aromatic carbocycles. The molecular weight excluding hydrogens is 733 g/mol. The second kappa shape index (κ2) is 12.9. The largest absolute Gasteiger partial charge is 0.309 e. The monoisotopic (exact) mass is 782 g/mol. The highest BCUT2D eigenvalue weighted by Crippen LogP contribution is 2.61. The van der Waals surface area contributed by atoms with Gasteiger partial charge in [0, 0.05) is 37.9 Å². The number of hydrogen-bond acceptors (Lipinski definition) is 4. The van der Waals surface area contributed by atoms with E-state index < -0.39 is 0 Å². The van der Waals surface area contributed by atoms with Gasteiger partial charge in [0.15, 0.2) is 5.82 Å². The lowest BCUT2D eigenvalue weighted by molar-refractivity contribution is -0.00978. The number of fused-ring (bicyclic) bond motifs is 8. The summed E-state index contributed by atoms with van der Waals surface area (Å²) in [7, 11) is 0. The molecule has 3 aromatic heterocycles. The van der Waals surface area contributed by atoms with Crippen LogP contribution in [-0.4, -0.2) is 24.1 Å². The van der Waals surface area contributed by atoms with Gasteiger partial charge in [-0.3, -0.25) is 0 Å². The van der Waals surface area contributed by atoms with Gasteiger partial charge in [-0.1, -0.05) is 80.4 Å². The predicted molar refractivity (Wildman–Crippen MR) is 241 cm³/mol. The topological polar surface area (TPSA) is 72.3 Å². The molecule has 0 amide bonds. The van der Waals surface area contributed by atoms with Gasteiger partial charge in [0.05, 0.1) is 45.1 Å². The van der Waals surface area contributed by atoms with Crippen LogP contribution < -0.4 is 0 Å². The van der Waals surface area contributed by atoms with E-state index in [4.69, 9.17) is 15.0 Å². The second-order valence-corrected chi connectivity index (χ2v) is 19.8. The van der Waals surface area contributed by atoms with Gasteiger partial charge in [-0.2, -0.15) is 5.26 Å². The minimum Gasteiger partial charge on any atom is -0.309 e. The van der Waals surface area contributed by atoms with Crippen molar-refractivity contribution < 1.29 is 0 Å². The maximum atomic E-state index is 10.5. The van der Waals surface area contributed by atoms with Crippen LogP contribution >= 0.6 is 0 Å². The molecule has 60 heavy (non-hydrogen) atoms. The standard InChI is InChI=1S/C54H50N6/c1-2-53(27-33-18-19-34(22-33)28-53)51-56-50(57-52(58-51)54-29-36-23-37(30-54)25-38(24-36)31-54)42-26-35(32-55)20-21-46(42)60-45-15-8-5-12-41(45)49-47(16-9-17-48(49)60)59-43-13-6-3-10-39(43)40-11-4-7-14-44(40)59/h3-17,20-21,26,33-34,36-38H,2,18-19,22-25,27-31H2,1H3. The van der Waals surface area contributed by atoms with Gasteiger partial charge < -0.3 is 9.13 Å². The van der Waals surface area contributed by atoms with E-state index in [1.54, 1.807) is 0 Å². The van der Waals surface area contributed by atoms with Crippen LogP contribution in [0.1, 0.15) is 101 Å². The lowest BCUT2D eigenvalue weighted by atomic mass is 9.49. The SMILES string of the molecule is CCC1(c2nc(-c3cc(C#N)ccc3-n3c4ccccc4c4c(-n5c6ccccc6c6ccccc65)cccc43)nc(C34CC5CC(CC(C5)C3)C4)n2)CC2CCC(C2)C1. The molecule has 6 fully saturated rings. The van der Waals surface area contributed by atoms with Gasteiger partial charge in [0.2, 0.25) is 0 Å². The Kier molecular flexibility index (Phi) is 7.50. The van der Waals surface area contributed by atoms with Gasteiger partial charge in [0.1, 0.15) is 11.6 Å². The van der Waals surface area contributed by atoms with Crippen LogP contribution in [0.15, 0.2) is 109 Å². The number of hydrogen-bond donors (Lipinski definition) is 0. The Morgan fingerprint density at radius 1 is 0.567 bits per heavy atom. The minimum atomic E-state index is -0.0458. The van der Waals surface area contributed by atoms with Gasteiger partial charge in [-0.15, -0.1) is 0 Å². The highest BCUT2D eigenvalue weighted by atomic mass is 15.1. The predicted octanol–water partition coefficient (Wildman–Crippen LogP) is 12.9. The van der Waals surface area contributed by atoms with Gasteiger partial charge >= 0.3 is 0 Å². The Morgan fingerprint density at radius 2 is 1.12 bits per heavy atom. The summed E-state index contributed by atoms with van der Waals surface area (Å²) in [6, 6.07) is 41.8. The third kappa shape index (κ3) is 5.01. The van der Waals surface area contributed by atoms with E-state index >= 15 is 0 Å². The second-order valence-electron chi connectivity index (χ2n) is 19.8. The lowest BCUT2D eigenvalue weighted by Crippen LogP contribution is -2.49. The first-order chi connectivity index (χ1) is 29.5. The molecule has 0 aliphatic heterocycles.